The minimum Gasteiger partial charge on any atom is -0.467 e. The maximum atomic E-state index is 11.8. The number of carbonyl (C=O) groups is 1. The van der Waals surface area contributed by atoms with Crippen LogP contribution in [-0.4, -0.2) is 45.2 Å². The first kappa shape index (κ1) is 14.9. The van der Waals surface area contributed by atoms with Gasteiger partial charge in [0.2, 0.25) is 0 Å². The second-order valence-corrected chi connectivity index (χ2v) is 4.75. The fraction of sp³-hybridized carbons (Fsp3) is 0.462. The molecule has 0 N–H and O–H groups in total. The van der Waals surface area contributed by atoms with Crippen LogP contribution in [-0.2, 0) is 9.53 Å². The molecule has 0 aliphatic heterocycles. The number of nitrogens with zero attached hydrogens (tertiary/aromatic N) is 5. The van der Waals surface area contributed by atoms with E-state index in [4.69, 9.17) is 9.47 Å². The van der Waals surface area contributed by atoms with Gasteiger partial charge < -0.3 is 9.47 Å². The van der Waals surface area contributed by atoms with Crippen molar-refractivity contribution >= 4 is 5.97 Å². The maximum Gasteiger partial charge on any atom is 0.330 e. The Labute approximate surface area is 122 Å². The van der Waals surface area contributed by atoms with Crippen molar-refractivity contribution in [2.45, 2.75) is 19.9 Å². The summed E-state index contributed by atoms with van der Waals surface area (Å²) in [5.74, 6) is -0.327. The molecule has 112 valence electrons. The molecule has 8 heteroatoms. The highest BCUT2D eigenvalue weighted by Gasteiger charge is 2.26. The lowest BCUT2D eigenvalue weighted by molar-refractivity contribution is -0.146. The highest BCUT2D eigenvalue weighted by Crippen LogP contribution is 2.21. The molecule has 0 bridgehead atoms. The summed E-state index contributed by atoms with van der Waals surface area (Å²) in [6, 6.07) is -0.240. The van der Waals surface area contributed by atoms with Crippen molar-refractivity contribution in [3.63, 3.8) is 0 Å². The predicted octanol–water partition coefficient (Wildman–Crippen LogP) is 1.11. The van der Waals surface area contributed by atoms with E-state index in [1.54, 1.807) is 18.6 Å². The summed E-state index contributed by atoms with van der Waals surface area (Å²) < 4.78 is 11.2. The lowest BCUT2D eigenvalue weighted by atomic mass is 10.1. The molecule has 8 nitrogen and oxygen atoms in total. The zero-order chi connectivity index (χ0) is 15.4. The summed E-state index contributed by atoms with van der Waals surface area (Å²) in [5.41, 5.74) is 1.27. The Kier molecular flexibility index (Phi) is 4.46. The third-order valence-corrected chi connectivity index (χ3v) is 2.98. The summed E-state index contributed by atoms with van der Waals surface area (Å²) in [7, 11) is 2.85. The molecule has 21 heavy (non-hydrogen) atoms. The van der Waals surface area contributed by atoms with E-state index >= 15 is 0 Å². The molecule has 0 saturated heterocycles. The summed E-state index contributed by atoms with van der Waals surface area (Å²) in [4.78, 5) is 19.9. The van der Waals surface area contributed by atoms with E-state index in [1.807, 2.05) is 13.8 Å². The van der Waals surface area contributed by atoms with Crippen LogP contribution in [0.1, 0.15) is 19.9 Å². The molecule has 0 aliphatic rings. The molecule has 0 unspecified atom stereocenters. The Bertz CT molecular complexity index is 609. The molecule has 1 atom stereocenters. The van der Waals surface area contributed by atoms with Gasteiger partial charge in [0, 0.05) is 18.0 Å². The number of esters is 1. The standard InChI is InChI=1S/C13H17N5O3/c1-8(2)11(12(19)20-3)18-7-10(16-17-18)9-5-14-13(21-4)15-6-9/h5-8,11H,1-4H3/t11-/m0/s1. The number of methoxy groups -OCH3 is 2. The minimum absolute atomic E-state index is 0.0270. The lowest BCUT2D eigenvalue weighted by Crippen LogP contribution is -2.26. The van der Waals surface area contributed by atoms with Gasteiger partial charge in [0.1, 0.15) is 5.69 Å². The largest absolute Gasteiger partial charge is 0.467 e. The average molecular weight is 291 g/mol. The Hall–Kier alpha value is -2.51. The molecular formula is C13H17N5O3. The van der Waals surface area contributed by atoms with Gasteiger partial charge in [-0.05, 0) is 5.92 Å². The van der Waals surface area contributed by atoms with Crippen LogP contribution in [0.4, 0.5) is 0 Å². The first-order valence-electron chi connectivity index (χ1n) is 6.43. The average Bonchev–Trinajstić information content (AvgIpc) is 2.96. The van der Waals surface area contributed by atoms with Gasteiger partial charge in [-0.3, -0.25) is 0 Å². The lowest BCUT2D eigenvalue weighted by Gasteiger charge is -2.17. The SMILES string of the molecule is COC(=O)[C@H](C(C)C)n1cc(-c2cnc(OC)nc2)nn1. The summed E-state index contributed by atoms with van der Waals surface area (Å²) in [6.45, 7) is 3.83. The van der Waals surface area contributed by atoms with Crippen LogP contribution in [0.5, 0.6) is 6.01 Å². The molecule has 2 rings (SSSR count). The smallest absolute Gasteiger partial charge is 0.330 e. The molecule has 2 aromatic rings. The first-order valence-corrected chi connectivity index (χ1v) is 6.43. The highest BCUT2D eigenvalue weighted by atomic mass is 16.5. The molecule has 0 saturated carbocycles. The number of rotatable bonds is 5. The van der Waals surface area contributed by atoms with Gasteiger partial charge in [0.25, 0.3) is 0 Å². The van der Waals surface area contributed by atoms with Crippen LogP contribution in [0.25, 0.3) is 11.3 Å². The van der Waals surface area contributed by atoms with E-state index in [9.17, 15) is 4.79 Å². The quantitative estimate of drug-likeness (QED) is 0.762. The van der Waals surface area contributed by atoms with Gasteiger partial charge in [0.15, 0.2) is 6.04 Å². The van der Waals surface area contributed by atoms with E-state index in [0.717, 1.165) is 0 Å². The molecule has 0 amide bonds. The van der Waals surface area contributed by atoms with Crippen molar-refractivity contribution in [2.75, 3.05) is 14.2 Å². The van der Waals surface area contributed by atoms with E-state index in [0.29, 0.717) is 11.3 Å². The number of ether oxygens (including phenoxy) is 2. The van der Waals surface area contributed by atoms with E-state index < -0.39 is 6.04 Å². The third-order valence-electron chi connectivity index (χ3n) is 2.98. The molecule has 0 fully saturated rings. The van der Waals surface area contributed by atoms with Crippen LogP contribution in [0.2, 0.25) is 0 Å². The zero-order valence-electron chi connectivity index (χ0n) is 12.3. The van der Waals surface area contributed by atoms with Crippen LogP contribution in [0.3, 0.4) is 0 Å². The van der Waals surface area contributed by atoms with Gasteiger partial charge in [-0.2, -0.15) is 0 Å². The molecule has 2 aromatic heterocycles. The first-order chi connectivity index (χ1) is 10.1. The van der Waals surface area contributed by atoms with Crippen molar-refractivity contribution < 1.29 is 14.3 Å². The Balaban J connectivity index is 2.29. The zero-order valence-corrected chi connectivity index (χ0v) is 12.3. The Morgan fingerprint density at radius 1 is 1.24 bits per heavy atom. The molecule has 0 aromatic carbocycles. The molecule has 0 aliphatic carbocycles. The molecular weight excluding hydrogens is 274 g/mol. The number of hydrogen-bond donors (Lipinski definition) is 0. The monoisotopic (exact) mass is 291 g/mol. The van der Waals surface area contributed by atoms with Gasteiger partial charge in [-0.25, -0.2) is 19.4 Å². The number of aromatic nitrogens is 5. The Morgan fingerprint density at radius 2 is 1.90 bits per heavy atom. The minimum atomic E-state index is -0.518. The van der Waals surface area contributed by atoms with Crippen LogP contribution in [0.15, 0.2) is 18.6 Å². The van der Waals surface area contributed by atoms with Crippen molar-refractivity contribution in [3.8, 4) is 17.3 Å². The van der Waals surface area contributed by atoms with Gasteiger partial charge >= 0.3 is 12.0 Å². The second-order valence-electron chi connectivity index (χ2n) is 4.75. The molecule has 0 spiro atoms. The van der Waals surface area contributed by atoms with Crippen LogP contribution < -0.4 is 4.74 Å². The van der Waals surface area contributed by atoms with E-state index in [2.05, 4.69) is 20.3 Å². The van der Waals surface area contributed by atoms with E-state index in [1.165, 1.54) is 18.9 Å². The predicted molar refractivity (Wildman–Crippen MR) is 73.5 cm³/mol. The van der Waals surface area contributed by atoms with Crippen LogP contribution >= 0.6 is 0 Å². The normalized spacial score (nSPS) is 12.2. The fourth-order valence-electron chi connectivity index (χ4n) is 1.91. The highest BCUT2D eigenvalue weighted by molar-refractivity contribution is 5.74. The summed E-state index contributed by atoms with van der Waals surface area (Å²) in [6.07, 6.45) is 4.85. The molecule has 0 radical (unpaired) electrons. The number of hydrogen-bond acceptors (Lipinski definition) is 7. The second kappa shape index (κ2) is 6.29. The van der Waals surface area contributed by atoms with Crippen molar-refractivity contribution in [2.24, 2.45) is 5.92 Å². The van der Waals surface area contributed by atoms with Gasteiger partial charge in [-0.15, -0.1) is 5.10 Å². The van der Waals surface area contributed by atoms with Gasteiger partial charge in [-0.1, -0.05) is 19.1 Å². The van der Waals surface area contributed by atoms with Gasteiger partial charge in [0.05, 0.1) is 20.4 Å². The van der Waals surface area contributed by atoms with Crippen molar-refractivity contribution in [3.05, 3.63) is 18.6 Å². The molecule has 2 heterocycles. The maximum absolute atomic E-state index is 11.8. The van der Waals surface area contributed by atoms with Crippen molar-refractivity contribution in [1.82, 2.24) is 25.0 Å². The topological polar surface area (TPSA) is 92.0 Å². The number of carbonyl (C=O) groups excluding carboxylic acids is 1. The fourth-order valence-corrected chi connectivity index (χ4v) is 1.91. The Morgan fingerprint density at radius 3 is 2.43 bits per heavy atom. The van der Waals surface area contributed by atoms with Crippen molar-refractivity contribution in [1.29, 1.82) is 0 Å². The summed E-state index contributed by atoms with van der Waals surface area (Å²) >= 11 is 0. The van der Waals surface area contributed by atoms with Crippen LogP contribution in [0, 0.1) is 5.92 Å². The van der Waals surface area contributed by atoms with E-state index in [-0.39, 0.29) is 17.9 Å². The summed E-state index contributed by atoms with van der Waals surface area (Å²) in [5, 5.41) is 8.05. The third kappa shape index (κ3) is 3.15.